The van der Waals surface area contributed by atoms with Crippen molar-refractivity contribution in [1.82, 2.24) is 14.5 Å². The fraction of sp³-hybridized carbons (Fsp3) is 0.474. The predicted molar refractivity (Wildman–Crippen MR) is 94.7 cm³/mol. The zero-order valence-electron chi connectivity index (χ0n) is 14.7. The highest BCUT2D eigenvalue weighted by Crippen LogP contribution is 2.27. The van der Waals surface area contributed by atoms with Gasteiger partial charge in [-0.3, -0.25) is 4.79 Å². The molecule has 5 nitrogen and oxygen atoms in total. The van der Waals surface area contributed by atoms with Gasteiger partial charge in [0.15, 0.2) is 0 Å². The molecule has 2 heterocycles. The summed E-state index contributed by atoms with van der Waals surface area (Å²) in [6, 6.07) is 4.16. The van der Waals surface area contributed by atoms with Crippen molar-refractivity contribution in [3.63, 3.8) is 0 Å². The first-order valence-corrected chi connectivity index (χ1v) is 8.50. The van der Waals surface area contributed by atoms with E-state index in [1.165, 1.54) is 11.1 Å². The molecule has 1 aliphatic heterocycles. The van der Waals surface area contributed by atoms with Gasteiger partial charge in [-0.2, -0.15) is 0 Å². The second kappa shape index (κ2) is 6.40. The average molecular weight is 326 g/mol. The molecule has 0 fully saturated rings. The molecule has 128 valence electrons. The number of nitrogens with two attached hydrogens (primary N) is 1. The van der Waals surface area contributed by atoms with E-state index in [0.717, 1.165) is 30.5 Å². The topological polar surface area (TPSA) is 64.2 Å². The second-order valence-electron chi connectivity index (χ2n) is 7.27. The van der Waals surface area contributed by atoms with Crippen LogP contribution in [0.15, 0.2) is 30.9 Å². The van der Waals surface area contributed by atoms with Gasteiger partial charge in [-0.15, -0.1) is 0 Å². The minimum atomic E-state index is -0.300. The third-order valence-corrected chi connectivity index (χ3v) is 5.05. The van der Waals surface area contributed by atoms with E-state index in [0.29, 0.717) is 13.1 Å². The van der Waals surface area contributed by atoms with Gasteiger partial charge in [0.05, 0.1) is 6.33 Å². The fourth-order valence-corrected chi connectivity index (χ4v) is 3.15. The first-order valence-electron chi connectivity index (χ1n) is 8.50. The lowest BCUT2D eigenvalue weighted by Crippen LogP contribution is -2.41. The molecule has 0 bridgehead atoms. The van der Waals surface area contributed by atoms with E-state index in [-0.39, 0.29) is 11.4 Å². The summed E-state index contributed by atoms with van der Waals surface area (Å²) in [4.78, 5) is 18.6. The molecule has 1 aromatic heterocycles. The lowest BCUT2D eigenvalue weighted by Gasteiger charge is -2.27. The molecule has 1 aliphatic rings. The summed E-state index contributed by atoms with van der Waals surface area (Å²) in [5.74, 6) is 0.138. The number of rotatable bonds is 6. The van der Waals surface area contributed by atoms with Gasteiger partial charge < -0.3 is 15.2 Å². The molecule has 24 heavy (non-hydrogen) atoms. The molecule has 2 aromatic rings. The minimum absolute atomic E-state index is 0.138. The van der Waals surface area contributed by atoms with Crippen molar-refractivity contribution in [2.24, 2.45) is 5.73 Å². The van der Waals surface area contributed by atoms with E-state index in [2.05, 4.69) is 31.8 Å². The second-order valence-corrected chi connectivity index (χ2v) is 7.27. The number of carbonyl (C=O) groups excluding carboxylic acids is 1. The van der Waals surface area contributed by atoms with Crippen molar-refractivity contribution in [3.05, 3.63) is 53.1 Å². The number of carbonyl (C=O) groups is 1. The Hall–Kier alpha value is -2.14. The highest BCUT2D eigenvalue weighted by Gasteiger charge is 2.29. The number of nitrogens with zero attached hydrogens (tertiary/aromatic N) is 3. The molecule has 0 radical (unpaired) electrons. The van der Waals surface area contributed by atoms with Gasteiger partial charge >= 0.3 is 0 Å². The summed E-state index contributed by atoms with van der Waals surface area (Å²) in [6.07, 6.45) is 7.18. The van der Waals surface area contributed by atoms with Gasteiger partial charge in [0, 0.05) is 43.1 Å². The lowest BCUT2D eigenvalue weighted by molar-refractivity contribution is 0.0766. The van der Waals surface area contributed by atoms with Crippen LogP contribution in [0.2, 0.25) is 0 Å². The molecule has 3 rings (SSSR count). The Kier molecular flexibility index (Phi) is 4.45. The SMILES string of the molecule is Cc1cc2c(cc1C)C(=O)N(CCC(C)(N)CCn1ccnc1)C2. The average Bonchev–Trinajstić information content (AvgIpc) is 3.14. The number of hydrogen-bond donors (Lipinski definition) is 1. The van der Waals surface area contributed by atoms with Crippen LogP contribution >= 0.6 is 0 Å². The summed E-state index contributed by atoms with van der Waals surface area (Å²) in [5, 5.41) is 0. The maximum Gasteiger partial charge on any atom is 0.254 e. The van der Waals surface area contributed by atoms with Gasteiger partial charge in [-0.25, -0.2) is 4.98 Å². The van der Waals surface area contributed by atoms with Gasteiger partial charge in [0.1, 0.15) is 0 Å². The molecule has 0 spiro atoms. The molecule has 1 atom stereocenters. The molecular formula is C19H26N4O. The summed E-state index contributed by atoms with van der Waals surface area (Å²) in [6.45, 7) is 8.45. The number of amides is 1. The molecule has 0 aliphatic carbocycles. The van der Waals surface area contributed by atoms with E-state index in [4.69, 9.17) is 5.73 Å². The Morgan fingerprint density at radius 2 is 1.92 bits per heavy atom. The largest absolute Gasteiger partial charge is 0.337 e. The smallest absolute Gasteiger partial charge is 0.254 e. The Bertz CT molecular complexity index is 734. The van der Waals surface area contributed by atoms with Crippen LogP contribution < -0.4 is 5.73 Å². The van der Waals surface area contributed by atoms with E-state index >= 15 is 0 Å². The van der Waals surface area contributed by atoms with E-state index in [1.807, 2.05) is 21.7 Å². The number of fused-ring (bicyclic) bond motifs is 1. The summed E-state index contributed by atoms with van der Waals surface area (Å²) in [5.41, 5.74) is 10.6. The maximum absolute atomic E-state index is 12.6. The van der Waals surface area contributed by atoms with Crippen molar-refractivity contribution >= 4 is 5.91 Å². The Labute approximate surface area is 143 Å². The van der Waals surface area contributed by atoms with Gasteiger partial charge in [0.25, 0.3) is 5.91 Å². The van der Waals surface area contributed by atoms with E-state index < -0.39 is 0 Å². The molecule has 0 saturated carbocycles. The van der Waals surface area contributed by atoms with Crippen molar-refractivity contribution in [3.8, 4) is 0 Å². The van der Waals surface area contributed by atoms with Crippen LogP contribution in [-0.2, 0) is 13.1 Å². The highest BCUT2D eigenvalue weighted by molar-refractivity contribution is 5.98. The van der Waals surface area contributed by atoms with Crippen LogP contribution in [-0.4, -0.2) is 32.4 Å². The van der Waals surface area contributed by atoms with Gasteiger partial charge in [0.2, 0.25) is 0 Å². The summed E-state index contributed by atoms with van der Waals surface area (Å²) >= 11 is 0. The molecule has 2 N–H and O–H groups in total. The van der Waals surface area contributed by atoms with Crippen molar-refractivity contribution < 1.29 is 4.79 Å². The number of aromatic nitrogens is 2. The minimum Gasteiger partial charge on any atom is -0.337 e. The van der Waals surface area contributed by atoms with E-state index in [9.17, 15) is 4.79 Å². The van der Waals surface area contributed by atoms with Crippen molar-refractivity contribution in [1.29, 1.82) is 0 Å². The molecule has 1 unspecified atom stereocenters. The summed E-state index contributed by atoms with van der Waals surface area (Å²) < 4.78 is 2.04. The molecule has 5 heteroatoms. The number of aryl methyl sites for hydroxylation is 3. The van der Waals surface area contributed by atoms with E-state index in [1.54, 1.807) is 12.5 Å². The maximum atomic E-state index is 12.6. The Balaban J connectivity index is 1.58. The molecular weight excluding hydrogens is 300 g/mol. The first-order chi connectivity index (χ1) is 11.4. The molecule has 0 saturated heterocycles. The van der Waals surface area contributed by atoms with Crippen molar-refractivity contribution in [2.75, 3.05) is 6.54 Å². The van der Waals surface area contributed by atoms with Crippen LogP contribution in [0, 0.1) is 13.8 Å². The van der Waals surface area contributed by atoms with Gasteiger partial charge in [-0.1, -0.05) is 6.07 Å². The lowest BCUT2D eigenvalue weighted by atomic mass is 9.94. The summed E-state index contributed by atoms with van der Waals surface area (Å²) in [7, 11) is 0. The zero-order valence-corrected chi connectivity index (χ0v) is 14.7. The predicted octanol–water partition coefficient (Wildman–Crippen LogP) is 2.65. The standard InChI is InChI=1S/C19H26N4O/c1-14-10-16-12-23(18(24)17(16)11-15(14)2)8-5-19(3,20)4-7-22-9-6-21-13-22/h6,9-11,13H,4-5,7-8,12,20H2,1-3H3. The normalized spacial score (nSPS) is 16.3. The van der Waals surface area contributed by atoms with Crippen molar-refractivity contribution in [2.45, 2.75) is 52.2 Å². The van der Waals surface area contributed by atoms with Crippen LogP contribution in [0.4, 0.5) is 0 Å². The number of hydrogen-bond acceptors (Lipinski definition) is 3. The van der Waals surface area contributed by atoms with Gasteiger partial charge in [-0.05, 0) is 56.4 Å². The first kappa shape index (κ1) is 16.7. The highest BCUT2D eigenvalue weighted by atomic mass is 16.2. The third-order valence-electron chi connectivity index (χ3n) is 5.05. The Morgan fingerprint density at radius 1 is 1.21 bits per heavy atom. The third kappa shape index (κ3) is 3.51. The monoisotopic (exact) mass is 326 g/mol. The molecule has 1 aromatic carbocycles. The van der Waals surface area contributed by atoms with Crippen LogP contribution in [0.3, 0.4) is 0 Å². The Morgan fingerprint density at radius 3 is 2.62 bits per heavy atom. The van der Waals surface area contributed by atoms with Crippen LogP contribution in [0.1, 0.15) is 46.8 Å². The van der Waals surface area contributed by atoms with Crippen LogP contribution in [0.5, 0.6) is 0 Å². The molecule has 1 amide bonds. The van der Waals surface area contributed by atoms with Crippen LogP contribution in [0.25, 0.3) is 0 Å². The number of imidazole rings is 1. The number of benzene rings is 1. The zero-order chi connectivity index (χ0) is 17.3. The fourth-order valence-electron chi connectivity index (χ4n) is 3.15. The quantitative estimate of drug-likeness (QED) is 0.887.